The van der Waals surface area contributed by atoms with Gasteiger partial charge in [-0.15, -0.1) is 0 Å². The Labute approximate surface area is 174 Å². The Morgan fingerprint density at radius 3 is 2.61 bits per heavy atom. The van der Waals surface area contributed by atoms with Crippen LogP contribution < -0.4 is 5.73 Å². The van der Waals surface area contributed by atoms with E-state index in [1.807, 2.05) is 0 Å². The molecule has 2 saturated carbocycles. The number of allylic oxidation sites excluding steroid dienone is 7. The van der Waals surface area contributed by atoms with Gasteiger partial charge in [-0.05, 0) is 78.9 Å². The van der Waals surface area contributed by atoms with Crippen LogP contribution in [0.1, 0.15) is 86.5 Å². The quantitative estimate of drug-likeness (QED) is 0.488. The standard InChI is InChI=1S/C26H39N.CH4/c1-18(2)7-5-6-8-19-10-12-23-22-11-9-20-17-21(27)13-15-26(20,4)24(22)14-16-25(19,23)3;/h9,11,13,15,17-19,23-24H,5-8,10,12,14,16,27H2,1-4H3;1H4/t19-,23?,24?,25?,26?;/m0./s1. The minimum absolute atomic E-state index is 0. The lowest BCUT2D eigenvalue weighted by Crippen LogP contribution is -2.43. The topological polar surface area (TPSA) is 26.0 Å². The van der Waals surface area contributed by atoms with Gasteiger partial charge in [0.15, 0.2) is 0 Å². The zero-order valence-electron chi connectivity index (χ0n) is 17.9. The average Bonchev–Trinajstić information content (AvgIpc) is 2.96. The number of hydrogen-bond donors (Lipinski definition) is 1. The molecule has 0 saturated heterocycles. The smallest absolute Gasteiger partial charge is 0.0314 e. The first-order valence-corrected chi connectivity index (χ1v) is 11.4. The molecule has 0 bridgehead atoms. The van der Waals surface area contributed by atoms with Crippen molar-refractivity contribution in [2.75, 3.05) is 0 Å². The fourth-order valence-electron chi connectivity index (χ4n) is 6.88. The van der Waals surface area contributed by atoms with Gasteiger partial charge in [0.25, 0.3) is 0 Å². The van der Waals surface area contributed by atoms with Crippen LogP contribution in [0.2, 0.25) is 0 Å². The molecule has 4 unspecified atom stereocenters. The normalized spacial score (nSPS) is 38.6. The first-order valence-electron chi connectivity index (χ1n) is 11.4. The second kappa shape index (κ2) is 7.88. The van der Waals surface area contributed by atoms with Crippen molar-refractivity contribution in [1.82, 2.24) is 0 Å². The van der Waals surface area contributed by atoms with E-state index in [1.165, 1.54) is 56.9 Å². The van der Waals surface area contributed by atoms with E-state index >= 15 is 0 Å². The van der Waals surface area contributed by atoms with Gasteiger partial charge in [-0.25, -0.2) is 0 Å². The molecule has 0 aromatic rings. The fourth-order valence-corrected chi connectivity index (χ4v) is 6.88. The van der Waals surface area contributed by atoms with Crippen molar-refractivity contribution in [2.24, 2.45) is 40.2 Å². The Kier molecular flexibility index (Phi) is 6.04. The highest BCUT2D eigenvalue weighted by Crippen LogP contribution is 2.64. The fraction of sp³-hybridized carbons (Fsp3) is 0.704. The predicted octanol–water partition coefficient (Wildman–Crippen LogP) is 7.57. The molecule has 1 heteroatoms. The van der Waals surface area contributed by atoms with Crippen molar-refractivity contribution in [3.05, 3.63) is 47.2 Å². The lowest BCUT2D eigenvalue weighted by molar-refractivity contribution is 0.0863. The first-order chi connectivity index (χ1) is 12.8. The van der Waals surface area contributed by atoms with Crippen LogP contribution in [0.3, 0.4) is 0 Å². The molecule has 0 aliphatic heterocycles. The van der Waals surface area contributed by atoms with Crippen molar-refractivity contribution in [2.45, 2.75) is 86.5 Å². The summed E-state index contributed by atoms with van der Waals surface area (Å²) < 4.78 is 0. The number of nitrogens with two attached hydrogens (primary N) is 1. The Morgan fingerprint density at radius 2 is 1.86 bits per heavy atom. The molecule has 2 fully saturated rings. The maximum atomic E-state index is 6.08. The second-order valence-corrected chi connectivity index (χ2v) is 10.7. The zero-order valence-corrected chi connectivity index (χ0v) is 17.9. The van der Waals surface area contributed by atoms with Gasteiger partial charge in [-0.2, -0.15) is 0 Å². The number of unbranched alkanes of at least 4 members (excludes halogenated alkanes) is 1. The molecule has 0 aromatic carbocycles. The molecule has 1 nitrogen and oxygen atoms in total. The van der Waals surface area contributed by atoms with Gasteiger partial charge in [0, 0.05) is 11.1 Å². The summed E-state index contributed by atoms with van der Waals surface area (Å²) in [6, 6.07) is 0. The zero-order chi connectivity index (χ0) is 19.2. The average molecular weight is 382 g/mol. The Hall–Kier alpha value is -1.24. The third-order valence-electron chi connectivity index (χ3n) is 8.64. The third kappa shape index (κ3) is 3.44. The number of rotatable bonds is 5. The lowest BCUT2D eigenvalue weighted by Gasteiger charge is -2.52. The van der Waals surface area contributed by atoms with Gasteiger partial charge in [0.05, 0.1) is 0 Å². The van der Waals surface area contributed by atoms with E-state index in [0.717, 1.165) is 23.5 Å². The highest BCUT2D eigenvalue weighted by molar-refractivity contribution is 5.50. The Bertz CT molecular complexity index is 706. The minimum atomic E-state index is 0. The summed E-state index contributed by atoms with van der Waals surface area (Å²) in [5, 5.41) is 0. The summed E-state index contributed by atoms with van der Waals surface area (Å²) in [6.07, 6.45) is 22.9. The van der Waals surface area contributed by atoms with Gasteiger partial charge in [-0.3, -0.25) is 0 Å². The van der Waals surface area contributed by atoms with E-state index < -0.39 is 0 Å². The molecule has 0 spiro atoms. The molecule has 4 aliphatic rings. The molecule has 2 N–H and O–H groups in total. The molecule has 156 valence electrons. The minimum Gasteiger partial charge on any atom is -0.399 e. The van der Waals surface area contributed by atoms with E-state index in [-0.39, 0.29) is 12.8 Å². The van der Waals surface area contributed by atoms with Gasteiger partial charge in [-0.1, -0.05) is 78.2 Å². The molecule has 4 rings (SSSR count). The van der Waals surface area contributed by atoms with Crippen LogP contribution in [-0.4, -0.2) is 0 Å². The van der Waals surface area contributed by atoms with Crippen LogP contribution in [0.5, 0.6) is 0 Å². The molecule has 0 heterocycles. The van der Waals surface area contributed by atoms with E-state index in [4.69, 9.17) is 5.73 Å². The molecular weight excluding hydrogens is 338 g/mol. The number of hydrogen-bond acceptors (Lipinski definition) is 1. The molecule has 0 aromatic heterocycles. The second-order valence-electron chi connectivity index (χ2n) is 10.7. The number of fused-ring (bicyclic) bond motifs is 5. The van der Waals surface area contributed by atoms with Crippen molar-refractivity contribution < 1.29 is 0 Å². The van der Waals surface area contributed by atoms with E-state index in [0.29, 0.717) is 11.3 Å². The maximum absolute atomic E-state index is 6.08. The van der Waals surface area contributed by atoms with Crippen LogP contribution >= 0.6 is 0 Å². The summed E-state index contributed by atoms with van der Waals surface area (Å²) in [7, 11) is 0. The van der Waals surface area contributed by atoms with Crippen LogP contribution in [-0.2, 0) is 0 Å². The van der Waals surface area contributed by atoms with Crippen molar-refractivity contribution in [3.63, 3.8) is 0 Å². The summed E-state index contributed by atoms with van der Waals surface area (Å²) in [4.78, 5) is 0. The third-order valence-corrected chi connectivity index (χ3v) is 8.64. The van der Waals surface area contributed by atoms with Crippen molar-refractivity contribution in [1.29, 1.82) is 0 Å². The first kappa shape index (κ1) is 21.5. The molecule has 0 amide bonds. The van der Waals surface area contributed by atoms with Gasteiger partial charge < -0.3 is 5.73 Å². The van der Waals surface area contributed by atoms with Gasteiger partial charge >= 0.3 is 0 Å². The summed E-state index contributed by atoms with van der Waals surface area (Å²) >= 11 is 0. The summed E-state index contributed by atoms with van der Waals surface area (Å²) in [6.45, 7) is 9.78. The van der Waals surface area contributed by atoms with Gasteiger partial charge in [0.1, 0.15) is 0 Å². The van der Waals surface area contributed by atoms with E-state index in [2.05, 4.69) is 58.1 Å². The lowest BCUT2D eigenvalue weighted by atomic mass is 9.52. The molecule has 5 atom stereocenters. The van der Waals surface area contributed by atoms with E-state index in [9.17, 15) is 0 Å². The van der Waals surface area contributed by atoms with Crippen LogP contribution in [0, 0.1) is 34.5 Å². The maximum Gasteiger partial charge on any atom is 0.0314 e. The predicted molar refractivity (Wildman–Crippen MR) is 123 cm³/mol. The van der Waals surface area contributed by atoms with Crippen molar-refractivity contribution in [3.8, 4) is 0 Å². The Morgan fingerprint density at radius 1 is 1.07 bits per heavy atom. The summed E-state index contributed by atoms with van der Waals surface area (Å²) in [5.41, 5.74) is 10.9. The SMILES string of the molecule is C.CC(C)CCCC[C@H]1CCC2C3=CC=C4C=C(N)C=CC4(C)C3CCC21C. The molecule has 4 aliphatic carbocycles. The highest BCUT2D eigenvalue weighted by atomic mass is 14.6. The Balaban J connectivity index is 0.00000225. The largest absolute Gasteiger partial charge is 0.399 e. The van der Waals surface area contributed by atoms with Crippen LogP contribution in [0.25, 0.3) is 0 Å². The van der Waals surface area contributed by atoms with Crippen LogP contribution in [0.4, 0.5) is 0 Å². The monoisotopic (exact) mass is 381 g/mol. The summed E-state index contributed by atoms with van der Waals surface area (Å²) in [5.74, 6) is 3.27. The van der Waals surface area contributed by atoms with Crippen LogP contribution in [0.15, 0.2) is 47.2 Å². The molecular formula is C27H43N. The molecule has 28 heavy (non-hydrogen) atoms. The molecule has 0 radical (unpaired) electrons. The highest BCUT2D eigenvalue weighted by Gasteiger charge is 2.54. The van der Waals surface area contributed by atoms with Gasteiger partial charge in [0.2, 0.25) is 0 Å². The van der Waals surface area contributed by atoms with E-state index in [1.54, 1.807) is 5.57 Å². The van der Waals surface area contributed by atoms with Crippen molar-refractivity contribution >= 4 is 0 Å².